The molecule has 0 unspecified atom stereocenters. The standard InChI is InChI=1S/C17H27NO3/c1-4-13-9-15(19)18(17(13)21)10-12-5-7-14(8-6-12)16(20)11(2)3/h11-14H,4-10H2,1-3H3/t12?,13-,14?/m1/s1. The lowest BCUT2D eigenvalue weighted by Crippen LogP contribution is -2.37. The van der Waals surface area contributed by atoms with Crippen LogP contribution in [0, 0.1) is 23.7 Å². The summed E-state index contributed by atoms with van der Waals surface area (Å²) in [7, 11) is 0. The fourth-order valence-electron chi connectivity index (χ4n) is 3.62. The van der Waals surface area contributed by atoms with Crippen molar-refractivity contribution < 1.29 is 14.4 Å². The zero-order valence-corrected chi connectivity index (χ0v) is 13.4. The maximum atomic E-state index is 12.1. The van der Waals surface area contributed by atoms with Gasteiger partial charge < -0.3 is 0 Å². The van der Waals surface area contributed by atoms with E-state index in [0.29, 0.717) is 24.7 Å². The Morgan fingerprint density at radius 3 is 2.29 bits per heavy atom. The van der Waals surface area contributed by atoms with Crippen molar-refractivity contribution in [3.63, 3.8) is 0 Å². The van der Waals surface area contributed by atoms with Crippen LogP contribution in [0.5, 0.6) is 0 Å². The predicted molar refractivity (Wildman–Crippen MR) is 80.4 cm³/mol. The van der Waals surface area contributed by atoms with Gasteiger partial charge in [-0.2, -0.15) is 0 Å². The second-order valence-electron chi connectivity index (χ2n) is 6.93. The number of carbonyl (C=O) groups excluding carboxylic acids is 3. The highest BCUT2D eigenvalue weighted by Gasteiger charge is 2.39. The molecule has 0 bridgehead atoms. The highest BCUT2D eigenvalue weighted by molar-refractivity contribution is 6.03. The first-order chi connectivity index (χ1) is 9.93. The molecule has 21 heavy (non-hydrogen) atoms. The summed E-state index contributed by atoms with van der Waals surface area (Å²) in [6, 6.07) is 0. The molecule has 1 saturated carbocycles. The molecular weight excluding hydrogens is 266 g/mol. The average Bonchev–Trinajstić information content (AvgIpc) is 2.74. The molecule has 0 spiro atoms. The number of imide groups is 1. The van der Waals surface area contributed by atoms with E-state index in [1.807, 2.05) is 20.8 Å². The Labute approximate surface area is 127 Å². The minimum Gasteiger partial charge on any atom is -0.299 e. The summed E-state index contributed by atoms with van der Waals surface area (Å²) >= 11 is 0. The Hall–Kier alpha value is -1.19. The van der Waals surface area contributed by atoms with Gasteiger partial charge in [-0.05, 0) is 38.0 Å². The Morgan fingerprint density at radius 2 is 1.81 bits per heavy atom. The van der Waals surface area contributed by atoms with Gasteiger partial charge >= 0.3 is 0 Å². The van der Waals surface area contributed by atoms with Gasteiger partial charge in [-0.15, -0.1) is 0 Å². The number of hydrogen-bond acceptors (Lipinski definition) is 3. The molecule has 118 valence electrons. The van der Waals surface area contributed by atoms with Crippen LogP contribution in [0.15, 0.2) is 0 Å². The Bertz CT molecular complexity index is 422. The first-order valence-corrected chi connectivity index (χ1v) is 8.31. The van der Waals surface area contributed by atoms with Crippen molar-refractivity contribution in [3.05, 3.63) is 0 Å². The number of likely N-dealkylation sites (tertiary alicyclic amines) is 1. The summed E-state index contributed by atoms with van der Waals surface area (Å²) in [5, 5.41) is 0. The first-order valence-electron chi connectivity index (χ1n) is 8.31. The molecule has 1 aliphatic heterocycles. The third kappa shape index (κ3) is 3.53. The lowest BCUT2D eigenvalue weighted by Gasteiger charge is -2.30. The molecule has 0 aromatic carbocycles. The van der Waals surface area contributed by atoms with E-state index in [-0.39, 0.29) is 29.6 Å². The number of ketones is 1. The molecular formula is C17H27NO3. The van der Waals surface area contributed by atoms with Gasteiger partial charge in [-0.3, -0.25) is 19.3 Å². The highest BCUT2D eigenvalue weighted by atomic mass is 16.2. The lowest BCUT2D eigenvalue weighted by molar-refractivity contribution is -0.140. The van der Waals surface area contributed by atoms with E-state index in [1.165, 1.54) is 4.90 Å². The third-order valence-corrected chi connectivity index (χ3v) is 5.09. The van der Waals surface area contributed by atoms with Gasteiger partial charge in [0.25, 0.3) is 0 Å². The molecule has 2 amide bonds. The Morgan fingerprint density at radius 1 is 1.19 bits per heavy atom. The van der Waals surface area contributed by atoms with Gasteiger partial charge in [0.15, 0.2) is 0 Å². The van der Waals surface area contributed by atoms with Crippen molar-refractivity contribution >= 4 is 17.6 Å². The quantitative estimate of drug-likeness (QED) is 0.732. The topological polar surface area (TPSA) is 54.5 Å². The number of Topliss-reactive ketones (excluding diaryl/α,β-unsaturated/α-hetero) is 1. The van der Waals surface area contributed by atoms with Crippen molar-refractivity contribution in [1.82, 2.24) is 4.90 Å². The maximum absolute atomic E-state index is 12.1. The van der Waals surface area contributed by atoms with Crippen molar-refractivity contribution in [2.75, 3.05) is 6.54 Å². The molecule has 1 heterocycles. The summed E-state index contributed by atoms with van der Waals surface area (Å²) in [6.45, 7) is 6.45. The number of nitrogens with zero attached hydrogens (tertiary/aromatic N) is 1. The van der Waals surface area contributed by atoms with Crippen molar-refractivity contribution in [2.24, 2.45) is 23.7 Å². The van der Waals surface area contributed by atoms with Crippen LogP contribution in [-0.2, 0) is 14.4 Å². The van der Waals surface area contributed by atoms with E-state index in [2.05, 4.69) is 0 Å². The van der Waals surface area contributed by atoms with Crippen LogP contribution in [-0.4, -0.2) is 29.0 Å². The number of hydrogen-bond donors (Lipinski definition) is 0. The predicted octanol–water partition coefficient (Wildman–Crippen LogP) is 2.80. The van der Waals surface area contributed by atoms with Gasteiger partial charge in [-0.25, -0.2) is 0 Å². The summed E-state index contributed by atoms with van der Waals surface area (Å²) in [6.07, 6.45) is 4.87. The van der Waals surface area contributed by atoms with Gasteiger partial charge in [0.05, 0.1) is 0 Å². The fourth-order valence-corrected chi connectivity index (χ4v) is 3.62. The second-order valence-corrected chi connectivity index (χ2v) is 6.93. The van der Waals surface area contributed by atoms with E-state index in [1.54, 1.807) is 0 Å². The molecule has 0 radical (unpaired) electrons. The SMILES string of the molecule is CC[C@@H]1CC(=O)N(CC2CCC(C(=O)C(C)C)CC2)C1=O. The summed E-state index contributed by atoms with van der Waals surface area (Å²) in [5.41, 5.74) is 0. The van der Waals surface area contributed by atoms with E-state index in [0.717, 1.165) is 32.1 Å². The average molecular weight is 293 g/mol. The molecule has 1 atom stereocenters. The monoisotopic (exact) mass is 293 g/mol. The van der Waals surface area contributed by atoms with Crippen molar-refractivity contribution in [1.29, 1.82) is 0 Å². The van der Waals surface area contributed by atoms with E-state index in [9.17, 15) is 14.4 Å². The van der Waals surface area contributed by atoms with Crippen LogP contribution in [0.25, 0.3) is 0 Å². The third-order valence-electron chi connectivity index (χ3n) is 5.09. The number of carbonyl (C=O) groups is 3. The largest absolute Gasteiger partial charge is 0.299 e. The molecule has 0 N–H and O–H groups in total. The normalized spacial score (nSPS) is 30.3. The molecule has 1 aliphatic carbocycles. The first kappa shape index (κ1) is 16.2. The van der Waals surface area contributed by atoms with Gasteiger partial charge in [0.2, 0.25) is 11.8 Å². The molecule has 4 heteroatoms. The van der Waals surface area contributed by atoms with Crippen LogP contribution in [0.4, 0.5) is 0 Å². The van der Waals surface area contributed by atoms with Gasteiger partial charge in [-0.1, -0.05) is 20.8 Å². The van der Waals surface area contributed by atoms with Gasteiger partial charge in [0, 0.05) is 30.7 Å². The summed E-state index contributed by atoms with van der Waals surface area (Å²) in [5.74, 6) is 0.956. The van der Waals surface area contributed by atoms with E-state index < -0.39 is 0 Å². The number of amides is 2. The second kappa shape index (κ2) is 6.71. The molecule has 0 aromatic rings. The maximum Gasteiger partial charge on any atom is 0.232 e. The molecule has 1 saturated heterocycles. The summed E-state index contributed by atoms with van der Waals surface area (Å²) in [4.78, 5) is 37.6. The van der Waals surface area contributed by atoms with Crippen LogP contribution >= 0.6 is 0 Å². The van der Waals surface area contributed by atoms with Crippen LogP contribution in [0.3, 0.4) is 0 Å². The molecule has 2 rings (SSSR count). The van der Waals surface area contributed by atoms with Gasteiger partial charge in [0.1, 0.15) is 5.78 Å². The molecule has 2 aliphatic rings. The minimum atomic E-state index is -0.101. The van der Waals surface area contributed by atoms with Crippen molar-refractivity contribution in [2.45, 2.75) is 59.3 Å². The van der Waals surface area contributed by atoms with E-state index in [4.69, 9.17) is 0 Å². The number of rotatable bonds is 5. The molecule has 2 fully saturated rings. The van der Waals surface area contributed by atoms with E-state index >= 15 is 0 Å². The lowest BCUT2D eigenvalue weighted by atomic mass is 9.77. The Balaban J connectivity index is 1.85. The zero-order chi connectivity index (χ0) is 15.6. The minimum absolute atomic E-state index is 0.00719. The Kier molecular flexibility index (Phi) is 5.17. The van der Waals surface area contributed by atoms with Crippen molar-refractivity contribution in [3.8, 4) is 0 Å². The van der Waals surface area contributed by atoms with Crippen LogP contribution < -0.4 is 0 Å². The molecule has 4 nitrogen and oxygen atoms in total. The van der Waals surface area contributed by atoms with Crippen LogP contribution in [0.2, 0.25) is 0 Å². The zero-order valence-electron chi connectivity index (χ0n) is 13.4. The summed E-state index contributed by atoms with van der Waals surface area (Å²) < 4.78 is 0. The fraction of sp³-hybridized carbons (Fsp3) is 0.824. The smallest absolute Gasteiger partial charge is 0.232 e. The molecule has 0 aromatic heterocycles. The van der Waals surface area contributed by atoms with Crippen LogP contribution in [0.1, 0.15) is 59.3 Å². The highest BCUT2D eigenvalue weighted by Crippen LogP contribution is 2.33.